The summed E-state index contributed by atoms with van der Waals surface area (Å²) in [4.78, 5) is 4.39. The second-order valence-electron chi connectivity index (χ2n) is 4.73. The summed E-state index contributed by atoms with van der Waals surface area (Å²) in [5, 5.41) is 0. The summed E-state index contributed by atoms with van der Waals surface area (Å²) in [7, 11) is 0. The van der Waals surface area contributed by atoms with E-state index in [0.717, 1.165) is 5.52 Å². The molecule has 0 aliphatic heterocycles. The van der Waals surface area contributed by atoms with Crippen molar-refractivity contribution in [3.63, 3.8) is 0 Å². The molecule has 1 aromatic carbocycles. The Morgan fingerprint density at radius 3 is 3.00 bits per heavy atom. The van der Waals surface area contributed by atoms with Gasteiger partial charge in [-0.3, -0.25) is 0 Å². The molecule has 3 rings (SSSR count). The molecule has 86 valence electrons. The van der Waals surface area contributed by atoms with Gasteiger partial charge in [0.2, 0.25) is 0 Å². The zero-order valence-electron chi connectivity index (χ0n) is 10.1. The number of benzene rings is 1. The van der Waals surface area contributed by atoms with Crippen LogP contribution in [0.1, 0.15) is 25.3 Å². The topological polar surface area (TPSA) is 12.9 Å². The fraction of sp³-hybridized carbons (Fsp3) is 0.267. The third kappa shape index (κ3) is 1.93. The Morgan fingerprint density at radius 2 is 2.18 bits per heavy atom. The lowest BCUT2D eigenvalue weighted by Crippen LogP contribution is -2.08. The van der Waals surface area contributed by atoms with E-state index in [-0.39, 0.29) is 0 Å². The van der Waals surface area contributed by atoms with E-state index in [9.17, 15) is 0 Å². The summed E-state index contributed by atoms with van der Waals surface area (Å²) in [6.45, 7) is 4.44. The normalized spacial score (nSPS) is 24.0. The monoisotopic (exact) mass is 241 g/mol. The second kappa shape index (κ2) is 4.11. The quantitative estimate of drug-likeness (QED) is 0.714. The Balaban J connectivity index is 2.01. The van der Waals surface area contributed by atoms with E-state index in [1.54, 1.807) is 11.3 Å². The van der Waals surface area contributed by atoms with E-state index in [4.69, 9.17) is 0 Å². The van der Waals surface area contributed by atoms with Crippen molar-refractivity contribution in [3.05, 3.63) is 53.1 Å². The highest BCUT2D eigenvalue weighted by Gasteiger charge is 2.18. The van der Waals surface area contributed by atoms with Gasteiger partial charge in [0, 0.05) is 5.92 Å². The van der Waals surface area contributed by atoms with Gasteiger partial charge in [-0.05, 0) is 30.5 Å². The van der Waals surface area contributed by atoms with Crippen molar-refractivity contribution < 1.29 is 0 Å². The first-order chi connectivity index (χ1) is 8.24. The zero-order chi connectivity index (χ0) is 11.8. The molecule has 0 amide bonds. The van der Waals surface area contributed by atoms with E-state index < -0.39 is 0 Å². The summed E-state index contributed by atoms with van der Waals surface area (Å²) in [5.74, 6) is 1.06. The van der Waals surface area contributed by atoms with E-state index in [0.29, 0.717) is 11.8 Å². The van der Waals surface area contributed by atoms with E-state index in [1.165, 1.54) is 15.8 Å². The number of fused-ring (bicyclic) bond motifs is 1. The minimum atomic E-state index is 0.491. The molecule has 1 aromatic heterocycles. The van der Waals surface area contributed by atoms with Gasteiger partial charge in [0.05, 0.1) is 15.7 Å². The van der Waals surface area contributed by atoms with Crippen LogP contribution in [-0.2, 0) is 0 Å². The maximum absolute atomic E-state index is 4.39. The number of nitrogens with zero attached hydrogens (tertiary/aromatic N) is 1. The van der Waals surface area contributed by atoms with Crippen LogP contribution in [0.2, 0.25) is 0 Å². The lowest BCUT2D eigenvalue weighted by molar-refractivity contribution is 0.630. The largest absolute Gasteiger partial charge is 0.245 e. The maximum atomic E-state index is 4.39. The third-order valence-corrected chi connectivity index (χ3v) is 4.21. The molecule has 2 unspecified atom stereocenters. The van der Waals surface area contributed by atoms with Crippen LogP contribution >= 0.6 is 11.3 Å². The Labute approximate surface area is 106 Å². The summed E-state index contributed by atoms with van der Waals surface area (Å²) >= 11 is 1.70. The summed E-state index contributed by atoms with van der Waals surface area (Å²) in [6.07, 6.45) is 6.87. The molecule has 0 N–H and O–H groups in total. The van der Waals surface area contributed by atoms with Gasteiger partial charge in [-0.1, -0.05) is 36.8 Å². The molecular formula is C15H15NS. The number of hydrogen-bond acceptors (Lipinski definition) is 2. The first-order valence-corrected chi connectivity index (χ1v) is 6.82. The van der Waals surface area contributed by atoms with Crippen LogP contribution in [0.5, 0.6) is 0 Å². The maximum Gasteiger partial charge on any atom is 0.0814 e. The molecule has 1 aliphatic rings. The fourth-order valence-corrected chi connectivity index (χ4v) is 3.16. The molecule has 0 spiro atoms. The minimum Gasteiger partial charge on any atom is -0.245 e. The molecular weight excluding hydrogens is 226 g/mol. The first kappa shape index (κ1) is 10.7. The highest BCUT2D eigenvalue weighted by atomic mass is 32.1. The third-order valence-electron chi connectivity index (χ3n) is 3.40. The van der Waals surface area contributed by atoms with Gasteiger partial charge in [0.25, 0.3) is 0 Å². The molecule has 0 saturated heterocycles. The van der Waals surface area contributed by atoms with Crippen LogP contribution in [0.4, 0.5) is 0 Å². The van der Waals surface area contributed by atoms with Gasteiger partial charge in [0.15, 0.2) is 0 Å². The van der Waals surface area contributed by atoms with Crippen LogP contribution in [-0.4, -0.2) is 4.98 Å². The van der Waals surface area contributed by atoms with E-state index in [1.807, 2.05) is 5.51 Å². The second-order valence-corrected chi connectivity index (χ2v) is 5.62. The first-order valence-electron chi connectivity index (χ1n) is 5.94. The van der Waals surface area contributed by atoms with Gasteiger partial charge in [-0.25, -0.2) is 4.98 Å². The molecule has 1 heterocycles. The number of rotatable bonds is 1. The van der Waals surface area contributed by atoms with Gasteiger partial charge in [-0.15, -0.1) is 11.3 Å². The van der Waals surface area contributed by atoms with Gasteiger partial charge < -0.3 is 0 Å². The van der Waals surface area contributed by atoms with Crippen molar-refractivity contribution >= 4 is 21.6 Å². The van der Waals surface area contributed by atoms with Crippen molar-refractivity contribution in [2.24, 2.45) is 5.92 Å². The molecule has 2 atom stereocenters. The highest BCUT2D eigenvalue weighted by Crippen LogP contribution is 2.33. The van der Waals surface area contributed by atoms with Crippen LogP contribution in [0.3, 0.4) is 0 Å². The van der Waals surface area contributed by atoms with Gasteiger partial charge in [0.1, 0.15) is 0 Å². The number of allylic oxidation sites excluding steroid dienone is 4. The predicted molar refractivity (Wildman–Crippen MR) is 74.4 cm³/mol. The Morgan fingerprint density at radius 1 is 1.29 bits per heavy atom. The molecule has 0 fully saturated rings. The lowest BCUT2D eigenvalue weighted by Gasteiger charge is -2.22. The minimum absolute atomic E-state index is 0.491. The SMILES string of the molecule is CC1=CC(C)C(c2ccc3scnc3c2)C=C1. The average molecular weight is 241 g/mol. The van der Waals surface area contributed by atoms with Crippen molar-refractivity contribution in [1.29, 1.82) is 0 Å². The molecule has 1 aliphatic carbocycles. The Hall–Kier alpha value is -1.41. The van der Waals surface area contributed by atoms with Crippen LogP contribution < -0.4 is 0 Å². The highest BCUT2D eigenvalue weighted by molar-refractivity contribution is 7.16. The molecule has 2 aromatic rings. The molecule has 1 nitrogen and oxygen atoms in total. The number of thiazole rings is 1. The average Bonchev–Trinajstić information content (AvgIpc) is 2.75. The number of hydrogen-bond donors (Lipinski definition) is 0. The van der Waals surface area contributed by atoms with E-state index in [2.05, 4.69) is 55.3 Å². The predicted octanol–water partition coefficient (Wildman–Crippen LogP) is 4.53. The molecule has 0 bridgehead atoms. The van der Waals surface area contributed by atoms with Crippen molar-refractivity contribution in [2.45, 2.75) is 19.8 Å². The molecule has 0 saturated carbocycles. The van der Waals surface area contributed by atoms with E-state index >= 15 is 0 Å². The van der Waals surface area contributed by atoms with Gasteiger partial charge in [-0.2, -0.15) is 0 Å². The standard InChI is InChI=1S/C15H15NS/c1-10-3-5-13(11(2)7-10)12-4-6-15-14(8-12)16-9-17-15/h3-9,11,13H,1-2H3. The zero-order valence-corrected chi connectivity index (χ0v) is 10.9. The van der Waals surface area contributed by atoms with Crippen LogP contribution in [0, 0.1) is 5.92 Å². The van der Waals surface area contributed by atoms with Crippen molar-refractivity contribution in [3.8, 4) is 0 Å². The smallest absolute Gasteiger partial charge is 0.0814 e. The summed E-state index contributed by atoms with van der Waals surface area (Å²) < 4.78 is 1.27. The van der Waals surface area contributed by atoms with Crippen molar-refractivity contribution in [1.82, 2.24) is 4.98 Å². The molecule has 2 heteroatoms. The fourth-order valence-electron chi connectivity index (χ4n) is 2.50. The summed E-state index contributed by atoms with van der Waals surface area (Å²) in [5.41, 5.74) is 5.78. The molecule has 17 heavy (non-hydrogen) atoms. The number of aromatic nitrogens is 1. The lowest BCUT2D eigenvalue weighted by atomic mass is 9.82. The van der Waals surface area contributed by atoms with Crippen molar-refractivity contribution in [2.75, 3.05) is 0 Å². The van der Waals surface area contributed by atoms with Gasteiger partial charge >= 0.3 is 0 Å². The van der Waals surface area contributed by atoms with Crippen LogP contribution in [0.15, 0.2) is 47.5 Å². The Kier molecular flexibility index (Phi) is 2.60. The molecule has 0 radical (unpaired) electrons. The van der Waals surface area contributed by atoms with Crippen LogP contribution in [0.25, 0.3) is 10.2 Å². The summed E-state index contributed by atoms with van der Waals surface area (Å²) in [6, 6.07) is 6.65. The Bertz CT molecular complexity index is 606.